The Kier molecular flexibility index (Phi) is 6.60. The Morgan fingerprint density at radius 2 is 1.78 bits per heavy atom. The Morgan fingerprint density at radius 1 is 1.22 bits per heavy atom. The fourth-order valence-corrected chi connectivity index (χ4v) is 4.25. The van der Waals surface area contributed by atoms with Gasteiger partial charge in [0.1, 0.15) is 0 Å². The number of nitrogens with one attached hydrogen (secondary N) is 1. The van der Waals surface area contributed by atoms with E-state index in [-0.39, 0.29) is 24.1 Å². The van der Waals surface area contributed by atoms with Crippen molar-refractivity contribution in [2.75, 3.05) is 12.3 Å². The van der Waals surface area contributed by atoms with Gasteiger partial charge in [0.25, 0.3) is 0 Å². The Balaban J connectivity index is 2.36. The molecule has 0 saturated heterocycles. The van der Waals surface area contributed by atoms with Gasteiger partial charge in [-0.3, -0.25) is 0 Å². The van der Waals surface area contributed by atoms with Crippen molar-refractivity contribution in [1.82, 2.24) is 4.72 Å². The van der Waals surface area contributed by atoms with Crippen molar-refractivity contribution in [1.29, 1.82) is 0 Å². The van der Waals surface area contributed by atoms with E-state index in [4.69, 9.17) is 0 Å². The SMILES string of the molecule is CCC(CC)CS(=O)(=O)NCC(O)C1CCCC1. The van der Waals surface area contributed by atoms with Crippen LogP contribution in [0.4, 0.5) is 0 Å². The lowest BCUT2D eigenvalue weighted by Crippen LogP contribution is -2.38. The summed E-state index contributed by atoms with van der Waals surface area (Å²) >= 11 is 0. The Hall–Kier alpha value is -0.130. The molecule has 0 heterocycles. The van der Waals surface area contributed by atoms with E-state index in [0.29, 0.717) is 0 Å². The average molecular weight is 277 g/mol. The van der Waals surface area contributed by atoms with E-state index in [1.807, 2.05) is 13.8 Å². The van der Waals surface area contributed by atoms with Crippen LogP contribution in [0.3, 0.4) is 0 Å². The fraction of sp³-hybridized carbons (Fsp3) is 1.00. The maximum Gasteiger partial charge on any atom is 0.211 e. The van der Waals surface area contributed by atoms with E-state index < -0.39 is 16.1 Å². The summed E-state index contributed by atoms with van der Waals surface area (Å²) < 4.78 is 26.3. The van der Waals surface area contributed by atoms with Gasteiger partial charge in [0.2, 0.25) is 10.0 Å². The van der Waals surface area contributed by atoms with Crippen LogP contribution >= 0.6 is 0 Å². The lowest BCUT2D eigenvalue weighted by Gasteiger charge is -2.19. The molecule has 18 heavy (non-hydrogen) atoms. The Morgan fingerprint density at radius 3 is 2.28 bits per heavy atom. The fourth-order valence-electron chi connectivity index (χ4n) is 2.61. The van der Waals surface area contributed by atoms with Gasteiger partial charge in [0, 0.05) is 6.54 Å². The summed E-state index contributed by atoms with van der Waals surface area (Å²) in [6, 6.07) is 0. The molecule has 108 valence electrons. The van der Waals surface area contributed by atoms with Crippen molar-refractivity contribution < 1.29 is 13.5 Å². The van der Waals surface area contributed by atoms with Crippen LogP contribution in [0.15, 0.2) is 0 Å². The van der Waals surface area contributed by atoms with Crippen LogP contribution in [0.1, 0.15) is 52.4 Å². The molecule has 1 aliphatic carbocycles. The molecule has 1 unspecified atom stereocenters. The molecule has 0 spiro atoms. The molecule has 1 fully saturated rings. The minimum absolute atomic E-state index is 0.174. The topological polar surface area (TPSA) is 66.4 Å². The lowest BCUT2D eigenvalue weighted by molar-refractivity contribution is 0.115. The van der Waals surface area contributed by atoms with Crippen LogP contribution in [0.2, 0.25) is 0 Å². The maximum absolute atomic E-state index is 11.9. The highest BCUT2D eigenvalue weighted by atomic mass is 32.2. The molecule has 0 aromatic carbocycles. The predicted octanol–water partition coefficient (Wildman–Crippen LogP) is 1.89. The molecule has 1 rings (SSSR count). The molecule has 2 N–H and O–H groups in total. The zero-order valence-corrected chi connectivity index (χ0v) is 12.4. The zero-order chi connectivity index (χ0) is 13.6. The third-order valence-corrected chi connectivity index (χ3v) is 5.58. The van der Waals surface area contributed by atoms with Crippen LogP contribution in [0.5, 0.6) is 0 Å². The van der Waals surface area contributed by atoms with Crippen LogP contribution in [0, 0.1) is 11.8 Å². The lowest BCUT2D eigenvalue weighted by atomic mass is 10.0. The summed E-state index contributed by atoms with van der Waals surface area (Å²) in [5.74, 6) is 0.671. The highest BCUT2D eigenvalue weighted by Crippen LogP contribution is 2.27. The maximum atomic E-state index is 11.9. The number of hydrogen-bond acceptors (Lipinski definition) is 3. The van der Waals surface area contributed by atoms with Gasteiger partial charge in [-0.15, -0.1) is 0 Å². The van der Waals surface area contributed by atoms with Gasteiger partial charge in [-0.1, -0.05) is 39.5 Å². The molecular weight excluding hydrogens is 250 g/mol. The van der Waals surface area contributed by atoms with Crippen molar-refractivity contribution in [3.05, 3.63) is 0 Å². The minimum atomic E-state index is -3.24. The first-order valence-corrected chi connectivity index (χ1v) is 8.79. The number of hydrogen-bond donors (Lipinski definition) is 2. The Labute approximate surface area is 111 Å². The molecular formula is C13H27NO3S. The molecule has 5 heteroatoms. The monoisotopic (exact) mass is 277 g/mol. The van der Waals surface area contributed by atoms with Crippen molar-refractivity contribution in [3.8, 4) is 0 Å². The predicted molar refractivity (Wildman–Crippen MR) is 73.8 cm³/mol. The first-order chi connectivity index (χ1) is 8.48. The molecule has 0 aliphatic heterocycles. The van der Waals surface area contributed by atoms with Crippen LogP contribution in [0.25, 0.3) is 0 Å². The number of sulfonamides is 1. The van der Waals surface area contributed by atoms with E-state index >= 15 is 0 Å². The summed E-state index contributed by atoms with van der Waals surface area (Å²) in [4.78, 5) is 0. The normalized spacial score (nSPS) is 19.6. The second-order valence-electron chi connectivity index (χ2n) is 5.42. The van der Waals surface area contributed by atoms with Gasteiger partial charge in [-0.25, -0.2) is 13.1 Å². The van der Waals surface area contributed by atoms with Gasteiger partial charge in [0.15, 0.2) is 0 Å². The van der Waals surface area contributed by atoms with E-state index in [1.54, 1.807) is 0 Å². The van der Waals surface area contributed by atoms with Crippen molar-refractivity contribution >= 4 is 10.0 Å². The third-order valence-electron chi connectivity index (χ3n) is 4.07. The number of aliphatic hydroxyl groups excluding tert-OH is 1. The van der Waals surface area contributed by atoms with E-state index in [9.17, 15) is 13.5 Å². The van der Waals surface area contributed by atoms with Gasteiger partial charge >= 0.3 is 0 Å². The zero-order valence-electron chi connectivity index (χ0n) is 11.6. The number of rotatable bonds is 8. The molecule has 4 nitrogen and oxygen atoms in total. The summed E-state index contributed by atoms with van der Waals surface area (Å²) in [6.07, 6.45) is 5.59. The smallest absolute Gasteiger partial charge is 0.211 e. The summed E-state index contributed by atoms with van der Waals surface area (Å²) in [5.41, 5.74) is 0. The van der Waals surface area contributed by atoms with Crippen LogP contribution in [-0.4, -0.2) is 31.9 Å². The second kappa shape index (κ2) is 7.46. The quantitative estimate of drug-likeness (QED) is 0.712. The minimum Gasteiger partial charge on any atom is -0.391 e. The summed E-state index contributed by atoms with van der Waals surface area (Å²) in [6.45, 7) is 4.20. The highest BCUT2D eigenvalue weighted by Gasteiger charge is 2.25. The van der Waals surface area contributed by atoms with Crippen LogP contribution in [-0.2, 0) is 10.0 Å². The number of aliphatic hydroxyl groups is 1. The van der Waals surface area contributed by atoms with Gasteiger partial charge in [0.05, 0.1) is 11.9 Å². The molecule has 1 saturated carbocycles. The standard InChI is InChI=1S/C13H27NO3S/c1-3-11(4-2)10-18(16,17)14-9-13(15)12-7-5-6-8-12/h11-15H,3-10H2,1-2H3. The van der Waals surface area contributed by atoms with E-state index in [1.165, 1.54) is 0 Å². The van der Waals surface area contributed by atoms with Crippen molar-refractivity contribution in [3.63, 3.8) is 0 Å². The van der Waals surface area contributed by atoms with E-state index in [2.05, 4.69) is 4.72 Å². The molecule has 1 atom stereocenters. The summed E-state index contributed by atoms with van der Waals surface area (Å²) in [5, 5.41) is 9.93. The van der Waals surface area contributed by atoms with E-state index in [0.717, 1.165) is 38.5 Å². The van der Waals surface area contributed by atoms with Crippen molar-refractivity contribution in [2.24, 2.45) is 11.8 Å². The second-order valence-corrected chi connectivity index (χ2v) is 7.28. The summed E-state index contributed by atoms with van der Waals surface area (Å²) in [7, 11) is -3.24. The highest BCUT2D eigenvalue weighted by molar-refractivity contribution is 7.89. The molecule has 0 aromatic rings. The molecule has 0 aromatic heterocycles. The Bertz CT molecular complexity index is 319. The molecule has 1 aliphatic rings. The molecule has 0 amide bonds. The molecule has 0 radical (unpaired) electrons. The third kappa shape index (κ3) is 5.24. The first-order valence-electron chi connectivity index (χ1n) is 7.13. The largest absolute Gasteiger partial charge is 0.391 e. The average Bonchev–Trinajstić information content (AvgIpc) is 2.87. The van der Waals surface area contributed by atoms with Gasteiger partial charge < -0.3 is 5.11 Å². The first kappa shape index (κ1) is 15.9. The van der Waals surface area contributed by atoms with Gasteiger partial charge in [-0.05, 0) is 24.7 Å². The van der Waals surface area contributed by atoms with Gasteiger partial charge in [-0.2, -0.15) is 0 Å². The van der Waals surface area contributed by atoms with Crippen LogP contribution < -0.4 is 4.72 Å². The molecule has 0 bridgehead atoms. The van der Waals surface area contributed by atoms with Crippen molar-refractivity contribution in [2.45, 2.75) is 58.5 Å².